The van der Waals surface area contributed by atoms with E-state index in [0.29, 0.717) is 4.75 Å². The highest BCUT2D eigenvalue weighted by Crippen LogP contribution is 2.23. The monoisotopic (exact) mass is 264 g/mol. The summed E-state index contributed by atoms with van der Waals surface area (Å²) in [4.78, 5) is 0. The Kier molecular flexibility index (Phi) is 5.08. The lowest BCUT2D eigenvalue weighted by Crippen LogP contribution is -2.39. The fourth-order valence-corrected chi connectivity index (χ4v) is 4.42. The molecule has 0 saturated carbocycles. The van der Waals surface area contributed by atoms with E-state index in [1.807, 2.05) is 11.8 Å². The number of hydrogen-bond acceptors (Lipinski definition) is 1. The van der Waals surface area contributed by atoms with Crippen molar-refractivity contribution in [1.29, 1.82) is 0 Å². The van der Waals surface area contributed by atoms with Crippen LogP contribution in [0, 0.1) is 0 Å². The molecule has 0 aliphatic carbocycles. The molecule has 0 unspecified atom stereocenters. The van der Waals surface area contributed by atoms with Crippen molar-refractivity contribution in [2.45, 2.75) is 38.6 Å². The summed E-state index contributed by atoms with van der Waals surface area (Å²) in [5, 5.41) is 1.51. The van der Waals surface area contributed by atoms with Crippen molar-refractivity contribution in [2.75, 3.05) is 5.75 Å². The fraction of sp³-hybridized carbons (Fsp3) is 0.467. The Hall–Kier alpha value is -0.473. The molecule has 0 heterocycles. The Morgan fingerprint density at radius 2 is 1.71 bits per heavy atom. The van der Waals surface area contributed by atoms with Gasteiger partial charge in [-0.25, -0.2) is 0 Å². The highest BCUT2D eigenvalue weighted by Gasteiger charge is 2.19. The van der Waals surface area contributed by atoms with Gasteiger partial charge in [0.1, 0.15) is 8.07 Å². The first-order valence-corrected chi connectivity index (χ1v) is 10.2. The van der Waals surface area contributed by atoms with Gasteiger partial charge in [0.25, 0.3) is 0 Å². The van der Waals surface area contributed by atoms with Crippen LogP contribution < -0.4 is 5.19 Å². The van der Waals surface area contributed by atoms with Gasteiger partial charge in [0.15, 0.2) is 0 Å². The average Bonchev–Trinajstić information content (AvgIpc) is 2.25. The van der Waals surface area contributed by atoms with Crippen molar-refractivity contribution in [3.63, 3.8) is 0 Å². The molecular formula is C15H24SSi. The molecule has 94 valence electrons. The van der Waals surface area contributed by atoms with Crippen LogP contribution in [0.25, 0.3) is 0 Å². The van der Waals surface area contributed by atoms with Crippen molar-refractivity contribution in [3.8, 4) is 0 Å². The van der Waals surface area contributed by atoms with E-state index in [9.17, 15) is 0 Å². The quantitative estimate of drug-likeness (QED) is 0.733. The van der Waals surface area contributed by atoms with Crippen LogP contribution in [-0.2, 0) is 0 Å². The number of benzene rings is 1. The molecule has 0 amide bonds. The third kappa shape index (κ3) is 5.60. The lowest BCUT2D eigenvalue weighted by atomic mass is 10.3. The van der Waals surface area contributed by atoms with Gasteiger partial charge in [-0.15, -0.1) is 0 Å². The standard InChI is InChI=1S/C15H24SSi/c1-15(2,3)16-12-9-13-17(4,5)14-10-7-6-8-11-14/h6-11,13H,12H2,1-5H3/b13-9+. The van der Waals surface area contributed by atoms with Gasteiger partial charge in [0.05, 0.1) is 0 Å². The Balaban J connectivity index is 2.58. The van der Waals surface area contributed by atoms with Crippen LogP contribution in [0.2, 0.25) is 13.1 Å². The molecule has 0 nitrogen and oxygen atoms in total. The van der Waals surface area contributed by atoms with Gasteiger partial charge in [0.2, 0.25) is 0 Å². The van der Waals surface area contributed by atoms with Crippen molar-refractivity contribution >= 4 is 25.0 Å². The first-order valence-electron chi connectivity index (χ1n) is 6.18. The largest absolute Gasteiger partial charge is 0.152 e. The zero-order valence-electron chi connectivity index (χ0n) is 11.7. The van der Waals surface area contributed by atoms with Crippen LogP contribution in [0.5, 0.6) is 0 Å². The molecule has 1 aromatic carbocycles. The minimum absolute atomic E-state index is 0.364. The molecule has 0 fully saturated rings. The topological polar surface area (TPSA) is 0 Å². The van der Waals surface area contributed by atoms with E-state index >= 15 is 0 Å². The molecule has 0 aliphatic rings. The molecule has 0 radical (unpaired) electrons. The van der Waals surface area contributed by atoms with E-state index in [1.54, 1.807) is 0 Å². The van der Waals surface area contributed by atoms with Gasteiger partial charge in [-0.05, 0) is 0 Å². The predicted octanol–water partition coefficient (Wildman–Crippen LogP) is 4.23. The number of thioether (sulfide) groups is 1. The molecule has 0 saturated heterocycles. The Morgan fingerprint density at radius 1 is 1.12 bits per heavy atom. The maximum Gasteiger partial charge on any atom is 0.103 e. The summed E-state index contributed by atoms with van der Waals surface area (Å²) >= 11 is 2.00. The van der Waals surface area contributed by atoms with Gasteiger partial charge < -0.3 is 0 Å². The summed E-state index contributed by atoms with van der Waals surface area (Å²) in [7, 11) is -1.37. The van der Waals surface area contributed by atoms with E-state index < -0.39 is 8.07 Å². The van der Waals surface area contributed by atoms with Crippen LogP contribution in [-0.4, -0.2) is 18.6 Å². The van der Waals surface area contributed by atoms with Crippen LogP contribution in [0.15, 0.2) is 42.1 Å². The maximum atomic E-state index is 2.46. The Bertz CT molecular complexity index is 360. The second-order valence-corrected chi connectivity index (χ2v) is 12.1. The smallest absolute Gasteiger partial charge is 0.103 e. The van der Waals surface area contributed by atoms with E-state index in [-0.39, 0.29) is 0 Å². The molecule has 1 rings (SSSR count). The first kappa shape index (κ1) is 14.6. The van der Waals surface area contributed by atoms with E-state index in [4.69, 9.17) is 0 Å². The van der Waals surface area contributed by atoms with Gasteiger partial charge >= 0.3 is 0 Å². The minimum atomic E-state index is -1.37. The zero-order valence-corrected chi connectivity index (χ0v) is 13.5. The van der Waals surface area contributed by atoms with Gasteiger partial charge in [-0.2, -0.15) is 11.8 Å². The lowest BCUT2D eigenvalue weighted by molar-refractivity contribution is 0.804. The van der Waals surface area contributed by atoms with Crippen molar-refractivity contribution in [2.24, 2.45) is 0 Å². The summed E-state index contributed by atoms with van der Waals surface area (Å²) in [6, 6.07) is 10.9. The van der Waals surface area contributed by atoms with E-state index in [0.717, 1.165) is 5.75 Å². The molecule has 1 aromatic rings. The Morgan fingerprint density at radius 3 is 2.24 bits per heavy atom. The highest BCUT2D eigenvalue weighted by atomic mass is 32.2. The fourth-order valence-electron chi connectivity index (χ4n) is 1.60. The maximum absolute atomic E-state index is 2.46. The number of hydrogen-bond donors (Lipinski definition) is 0. The minimum Gasteiger partial charge on any atom is -0.152 e. The van der Waals surface area contributed by atoms with Crippen LogP contribution in [0.3, 0.4) is 0 Å². The molecule has 0 aromatic heterocycles. The third-order valence-electron chi connectivity index (χ3n) is 2.66. The Labute approximate surface area is 112 Å². The summed E-state index contributed by atoms with van der Waals surface area (Å²) in [6.45, 7) is 11.6. The first-order chi connectivity index (χ1) is 7.81. The molecule has 0 atom stereocenters. The van der Waals surface area contributed by atoms with Gasteiger partial charge in [0, 0.05) is 10.5 Å². The molecule has 0 bridgehead atoms. The predicted molar refractivity (Wildman–Crippen MR) is 84.9 cm³/mol. The number of rotatable bonds is 4. The van der Waals surface area contributed by atoms with Crippen molar-refractivity contribution < 1.29 is 0 Å². The van der Waals surface area contributed by atoms with Crippen molar-refractivity contribution in [1.82, 2.24) is 0 Å². The third-order valence-corrected chi connectivity index (χ3v) is 6.78. The molecule has 2 heteroatoms. The molecule has 0 aliphatic heterocycles. The SMILES string of the molecule is CC(C)(C)SC/C=C/[Si](C)(C)c1ccccc1. The summed E-state index contributed by atoms with van der Waals surface area (Å²) < 4.78 is 0.364. The van der Waals surface area contributed by atoms with Gasteiger partial charge in [-0.1, -0.05) is 81.2 Å². The molecule has 17 heavy (non-hydrogen) atoms. The van der Waals surface area contributed by atoms with E-state index in [1.165, 1.54) is 5.19 Å². The summed E-state index contributed by atoms with van der Waals surface area (Å²) in [6.07, 6.45) is 2.36. The molecular weight excluding hydrogens is 240 g/mol. The average molecular weight is 265 g/mol. The summed E-state index contributed by atoms with van der Waals surface area (Å²) in [5.74, 6) is 1.12. The van der Waals surface area contributed by atoms with Crippen LogP contribution in [0.4, 0.5) is 0 Å². The second kappa shape index (κ2) is 5.92. The highest BCUT2D eigenvalue weighted by molar-refractivity contribution is 8.00. The molecule has 0 spiro atoms. The van der Waals surface area contributed by atoms with Crippen molar-refractivity contribution in [3.05, 3.63) is 42.1 Å². The summed E-state index contributed by atoms with van der Waals surface area (Å²) in [5.41, 5.74) is 2.46. The van der Waals surface area contributed by atoms with Crippen LogP contribution >= 0.6 is 11.8 Å². The van der Waals surface area contributed by atoms with Gasteiger partial charge in [-0.3, -0.25) is 0 Å². The second-order valence-electron chi connectivity index (χ2n) is 5.91. The molecule has 0 N–H and O–H groups in total. The zero-order chi connectivity index (χ0) is 12.9. The van der Waals surface area contributed by atoms with Crippen LogP contribution in [0.1, 0.15) is 20.8 Å². The van der Waals surface area contributed by atoms with E-state index in [2.05, 4.69) is 76.0 Å². The lowest BCUT2D eigenvalue weighted by Gasteiger charge is -2.19. The normalized spacial score (nSPS) is 13.2.